The number of halogens is 3. The van der Waals surface area contributed by atoms with Gasteiger partial charge in [0.2, 0.25) is 5.95 Å². The van der Waals surface area contributed by atoms with Crippen molar-refractivity contribution in [3.05, 3.63) is 18.0 Å². The van der Waals surface area contributed by atoms with Crippen LogP contribution in [0, 0.1) is 0 Å². The molecule has 2 rings (SSSR count). The van der Waals surface area contributed by atoms with Gasteiger partial charge in [-0.15, -0.1) is 0 Å². The van der Waals surface area contributed by atoms with Gasteiger partial charge >= 0.3 is 6.18 Å². The minimum atomic E-state index is -4.47. The maximum atomic E-state index is 12.6. The third kappa shape index (κ3) is 6.97. The summed E-state index contributed by atoms with van der Waals surface area (Å²) in [6, 6.07) is 0.848. The third-order valence-electron chi connectivity index (χ3n) is 3.47. The average molecular weight is 376 g/mol. The number of anilines is 1. The van der Waals surface area contributed by atoms with Gasteiger partial charge in [-0.1, -0.05) is 0 Å². The Bertz CT molecular complexity index is 560. The van der Waals surface area contributed by atoms with E-state index in [2.05, 4.69) is 30.9 Å². The highest BCUT2D eigenvalue weighted by Crippen LogP contribution is 2.27. The Morgan fingerprint density at radius 1 is 1.36 bits per heavy atom. The van der Waals surface area contributed by atoms with Crippen LogP contribution in [0.5, 0.6) is 0 Å². The number of hydrogen-bond donors (Lipinski definition) is 3. The molecule has 0 amide bonds. The normalized spacial score (nSPS) is 18.2. The molecule has 25 heavy (non-hydrogen) atoms. The summed E-state index contributed by atoms with van der Waals surface area (Å²) in [5.41, 5.74) is -0.957. The van der Waals surface area contributed by atoms with E-state index in [1.165, 1.54) is 18.6 Å². The third-order valence-corrected chi connectivity index (χ3v) is 4.85. The van der Waals surface area contributed by atoms with E-state index in [4.69, 9.17) is 0 Å². The molecule has 6 nitrogen and oxygen atoms in total. The van der Waals surface area contributed by atoms with Gasteiger partial charge in [-0.2, -0.15) is 24.9 Å². The summed E-state index contributed by atoms with van der Waals surface area (Å²) in [7, 11) is 0. The van der Waals surface area contributed by atoms with Crippen molar-refractivity contribution in [3.8, 4) is 0 Å². The van der Waals surface area contributed by atoms with Gasteiger partial charge in [0.15, 0.2) is 5.96 Å². The van der Waals surface area contributed by atoms with Gasteiger partial charge in [-0.3, -0.25) is 4.99 Å². The fourth-order valence-electron chi connectivity index (χ4n) is 2.28. The first-order valence-corrected chi connectivity index (χ1v) is 9.32. The molecule has 0 aliphatic carbocycles. The number of guanidine groups is 1. The van der Waals surface area contributed by atoms with Gasteiger partial charge in [0.25, 0.3) is 0 Å². The van der Waals surface area contributed by atoms with Crippen molar-refractivity contribution < 1.29 is 13.2 Å². The zero-order valence-corrected chi connectivity index (χ0v) is 14.9. The van der Waals surface area contributed by atoms with Crippen molar-refractivity contribution >= 4 is 23.7 Å². The molecule has 1 aliphatic rings. The second kappa shape index (κ2) is 9.69. The van der Waals surface area contributed by atoms with Gasteiger partial charge in [-0.05, 0) is 31.6 Å². The van der Waals surface area contributed by atoms with E-state index >= 15 is 0 Å². The molecular weight excluding hydrogens is 353 g/mol. The molecule has 0 bridgehead atoms. The van der Waals surface area contributed by atoms with Crippen LogP contribution in [0.2, 0.25) is 0 Å². The highest BCUT2D eigenvalue weighted by Gasteiger charge is 2.32. The van der Waals surface area contributed by atoms with E-state index in [1.54, 1.807) is 0 Å². The molecule has 1 atom stereocenters. The Labute approximate surface area is 149 Å². The van der Waals surface area contributed by atoms with Gasteiger partial charge in [-0.25, -0.2) is 9.97 Å². The van der Waals surface area contributed by atoms with Crippen molar-refractivity contribution in [1.82, 2.24) is 20.6 Å². The van der Waals surface area contributed by atoms with Gasteiger partial charge in [0, 0.05) is 31.1 Å². The van der Waals surface area contributed by atoms with Crippen molar-refractivity contribution in [1.29, 1.82) is 0 Å². The molecule has 1 fully saturated rings. The molecule has 1 saturated heterocycles. The topological polar surface area (TPSA) is 74.2 Å². The molecule has 1 aromatic rings. The summed E-state index contributed by atoms with van der Waals surface area (Å²) in [4.78, 5) is 11.8. The smallest absolute Gasteiger partial charge is 0.357 e. The zero-order chi connectivity index (χ0) is 18.1. The lowest BCUT2D eigenvalue weighted by molar-refractivity contribution is -0.141. The molecule has 0 radical (unpaired) electrons. The minimum Gasteiger partial charge on any atom is -0.357 e. The lowest BCUT2D eigenvalue weighted by Gasteiger charge is -2.13. The van der Waals surface area contributed by atoms with Crippen LogP contribution in [0.1, 0.15) is 25.5 Å². The van der Waals surface area contributed by atoms with Crippen molar-refractivity contribution in [2.45, 2.75) is 31.2 Å². The summed E-state index contributed by atoms with van der Waals surface area (Å²) in [5, 5.41) is 9.66. The van der Waals surface area contributed by atoms with Crippen LogP contribution in [0.15, 0.2) is 17.3 Å². The van der Waals surface area contributed by atoms with Crippen LogP contribution < -0.4 is 16.0 Å². The number of alkyl halides is 3. The van der Waals surface area contributed by atoms with Gasteiger partial charge in [0.1, 0.15) is 5.69 Å². The Balaban J connectivity index is 1.76. The average Bonchev–Trinajstić information content (AvgIpc) is 3.09. The minimum absolute atomic E-state index is 0.0408. The van der Waals surface area contributed by atoms with Crippen molar-refractivity contribution in [3.63, 3.8) is 0 Å². The lowest BCUT2D eigenvalue weighted by atomic mass is 10.2. The predicted molar refractivity (Wildman–Crippen MR) is 95.0 cm³/mol. The summed E-state index contributed by atoms with van der Waals surface area (Å²) >= 11 is 1.95. The molecule has 3 N–H and O–H groups in total. The fourth-order valence-corrected chi connectivity index (χ4v) is 3.46. The first kappa shape index (κ1) is 19.6. The quantitative estimate of drug-likeness (QED) is 0.385. The standard InChI is InChI=1S/C15H23F3N6S/c1-2-19-13(23-10-11-4-3-9-25-11)21-7-8-22-14-20-6-5-12(24-14)15(16,17)18/h5-6,11H,2-4,7-10H2,1H3,(H2,19,21,23)(H,20,22,24). The molecule has 140 valence electrons. The fraction of sp³-hybridized carbons (Fsp3) is 0.667. The molecule has 2 heterocycles. The summed E-state index contributed by atoms with van der Waals surface area (Å²) in [5.74, 6) is 1.87. The molecule has 0 saturated carbocycles. The largest absolute Gasteiger partial charge is 0.433 e. The zero-order valence-electron chi connectivity index (χ0n) is 14.1. The highest BCUT2D eigenvalue weighted by atomic mass is 32.2. The number of nitrogens with zero attached hydrogens (tertiary/aromatic N) is 3. The molecular formula is C15H23F3N6S. The van der Waals surface area contributed by atoms with E-state index in [1.807, 2.05) is 18.7 Å². The van der Waals surface area contributed by atoms with Crippen molar-refractivity contribution in [2.75, 3.05) is 37.2 Å². The van der Waals surface area contributed by atoms with E-state index in [0.29, 0.717) is 24.3 Å². The monoisotopic (exact) mass is 376 g/mol. The van der Waals surface area contributed by atoms with Crippen LogP contribution in [0.4, 0.5) is 19.1 Å². The van der Waals surface area contributed by atoms with E-state index in [9.17, 15) is 13.2 Å². The van der Waals surface area contributed by atoms with Crippen LogP contribution in [0.3, 0.4) is 0 Å². The Kier molecular flexibility index (Phi) is 7.60. The van der Waals surface area contributed by atoms with E-state index in [-0.39, 0.29) is 5.95 Å². The molecule has 0 spiro atoms. The maximum Gasteiger partial charge on any atom is 0.433 e. The molecule has 1 unspecified atom stereocenters. The number of aliphatic imine (C=N–C) groups is 1. The maximum absolute atomic E-state index is 12.6. The Hall–Kier alpha value is -1.71. The molecule has 0 aromatic carbocycles. The van der Waals surface area contributed by atoms with Crippen LogP contribution in [0.25, 0.3) is 0 Å². The Morgan fingerprint density at radius 3 is 2.88 bits per heavy atom. The lowest BCUT2D eigenvalue weighted by Crippen LogP contribution is -2.40. The summed E-state index contributed by atoms with van der Waals surface area (Å²) in [6.45, 7) is 4.36. The van der Waals surface area contributed by atoms with Crippen LogP contribution in [-0.4, -0.2) is 53.1 Å². The molecule has 1 aromatic heterocycles. The molecule has 1 aliphatic heterocycles. The summed E-state index contributed by atoms with van der Waals surface area (Å²) < 4.78 is 37.8. The Morgan fingerprint density at radius 2 is 2.20 bits per heavy atom. The van der Waals surface area contributed by atoms with Crippen LogP contribution in [-0.2, 0) is 6.18 Å². The highest BCUT2D eigenvalue weighted by molar-refractivity contribution is 8.00. The van der Waals surface area contributed by atoms with Gasteiger partial charge < -0.3 is 16.0 Å². The van der Waals surface area contributed by atoms with Gasteiger partial charge in [0.05, 0.1) is 6.54 Å². The van der Waals surface area contributed by atoms with Crippen molar-refractivity contribution in [2.24, 2.45) is 4.99 Å². The number of nitrogens with one attached hydrogen (secondary N) is 3. The predicted octanol–water partition coefficient (Wildman–Crippen LogP) is 2.36. The summed E-state index contributed by atoms with van der Waals surface area (Å²) in [6.07, 6.45) is -0.936. The second-order valence-electron chi connectivity index (χ2n) is 5.47. The number of hydrogen-bond acceptors (Lipinski definition) is 5. The van der Waals surface area contributed by atoms with E-state index in [0.717, 1.165) is 25.4 Å². The first-order chi connectivity index (χ1) is 12.0. The first-order valence-electron chi connectivity index (χ1n) is 8.27. The number of thioether (sulfide) groups is 1. The van der Waals surface area contributed by atoms with Crippen LogP contribution >= 0.6 is 11.8 Å². The van der Waals surface area contributed by atoms with E-state index < -0.39 is 11.9 Å². The molecule has 10 heteroatoms. The number of rotatable bonds is 7. The number of aromatic nitrogens is 2. The SMILES string of the molecule is CCNC(=NCC1CCCS1)NCCNc1nccc(C(F)(F)F)n1. The second-order valence-corrected chi connectivity index (χ2v) is 6.88.